The third-order valence-electron chi connectivity index (χ3n) is 8.03. The summed E-state index contributed by atoms with van der Waals surface area (Å²) >= 11 is 0. The highest BCUT2D eigenvalue weighted by atomic mass is 19.4. The van der Waals surface area contributed by atoms with Crippen LogP contribution in [0.15, 0.2) is 77.7 Å². The van der Waals surface area contributed by atoms with Crippen LogP contribution in [0, 0.1) is 0 Å². The van der Waals surface area contributed by atoms with Crippen molar-refractivity contribution in [1.82, 2.24) is 4.57 Å². The number of nitrogens with zero attached hydrogens (tertiary/aromatic N) is 1. The first-order valence-corrected chi connectivity index (χ1v) is 13.6. The van der Waals surface area contributed by atoms with Crippen molar-refractivity contribution in [3.05, 3.63) is 106 Å². The molecule has 6 nitrogen and oxygen atoms in total. The van der Waals surface area contributed by atoms with Crippen LogP contribution in [0.5, 0.6) is 11.5 Å². The van der Waals surface area contributed by atoms with Crippen LogP contribution in [0.25, 0.3) is 22.3 Å². The molecule has 2 heterocycles. The van der Waals surface area contributed by atoms with Crippen molar-refractivity contribution in [2.75, 3.05) is 13.7 Å². The molecule has 0 fully saturated rings. The molecule has 1 aliphatic carbocycles. The van der Waals surface area contributed by atoms with E-state index in [-0.39, 0.29) is 29.4 Å². The zero-order chi connectivity index (χ0) is 29.6. The topological polar surface area (TPSA) is 66.8 Å². The summed E-state index contributed by atoms with van der Waals surface area (Å²) < 4.78 is 61.0. The number of methoxy groups -OCH3 is 1. The lowest BCUT2D eigenvalue weighted by atomic mass is 9.90. The maximum atomic E-state index is 14.2. The minimum Gasteiger partial charge on any atom is -0.492 e. The normalized spacial score (nSPS) is 17.4. The van der Waals surface area contributed by atoms with Crippen LogP contribution in [0.4, 0.5) is 13.2 Å². The molecule has 0 saturated carbocycles. The fourth-order valence-electron chi connectivity index (χ4n) is 5.90. The average Bonchev–Trinajstić information content (AvgIpc) is 3.57. The maximum Gasteiger partial charge on any atom is 0.417 e. The average molecular weight is 576 g/mol. The molecule has 2 aliphatic rings. The van der Waals surface area contributed by atoms with Crippen molar-refractivity contribution in [2.45, 2.75) is 37.5 Å². The lowest BCUT2D eigenvalue weighted by Crippen LogP contribution is -2.13. The molecular formula is C33H28F3NO5. The first-order valence-electron chi connectivity index (χ1n) is 13.6. The van der Waals surface area contributed by atoms with E-state index in [2.05, 4.69) is 0 Å². The molecule has 42 heavy (non-hydrogen) atoms. The van der Waals surface area contributed by atoms with E-state index in [0.717, 1.165) is 28.3 Å². The van der Waals surface area contributed by atoms with Crippen molar-refractivity contribution in [3.8, 4) is 33.8 Å². The summed E-state index contributed by atoms with van der Waals surface area (Å²) in [6.45, 7) is 0.366. The monoisotopic (exact) mass is 575 g/mol. The first kappa shape index (κ1) is 27.6. The number of alkyl halides is 3. The Kier molecular flexibility index (Phi) is 7.04. The number of hydrogen-bond donors (Lipinski definition) is 0. The molecule has 0 N–H and O–H groups in total. The molecule has 0 amide bonds. The van der Waals surface area contributed by atoms with Gasteiger partial charge in [-0.1, -0.05) is 36.4 Å². The summed E-state index contributed by atoms with van der Waals surface area (Å²) in [5.74, 6) is 0.770. The van der Waals surface area contributed by atoms with Crippen molar-refractivity contribution in [3.63, 3.8) is 0 Å². The predicted octanol–water partition coefficient (Wildman–Crippen LogP) is 6.84. The molecule has 1 aliphatic heterocycles. The number of hydrogen-bond acceptors (Lipinski definition) is 5. The third kappa shape index (κ3) is 5.15. The number of carbonyl (C=O) groups is 1. The Hall–Kier alpha value is -4.53. The van der Waals surface area contributed by atoms with Gasteiger partial charge < -0.3 is 18.8 Å². The second-order valence-corrected chi connectivity index (χ2v) is 10.6. The van der Waals surface area contributed by atoms with Crippen LogP contribution in [-0.4, -0.2) is 24.3 Å². The molecule has 4 aromatic rings. The summed E-state index contributed by atoms with van der Waals surface area (Å²) in [5.41, 5.74) is 3.65. The number of ether oxygens (including phenoxy) is 3. The van der Waals surface area contributed by atoms with E-state index in [1.807, 2.05) is 6.07 Å². The van der Waals surface area contributed by atoms with Gasteiger partial charge in [0, 0.05) is 36.9 Å². The Balaban J connectivity index is 1.30. The van der Waals surface area contributed by atoms with Gasteiger partial charge in [0.15, 0.2) is 0 Å². The number of pyridine rings is 1. The minimum atomic E-state index is -4.53. The summed E-state index contributed by atoms with van der Waals surface area (Å²) in [6, 6.07) is 18.2. The van der Waals surface area contributed by atoms with Crippen LogP contribution < -0.4 is 15.0 Å². The van der Waals surface area contributed by atoms with Crippen molar-refractivity contribution in [2.24, 2.45) is 7.05 Å². The van der Waals surface area contributed by atoms with Gasteiger partial charge in [-0.05, 0) is 64.4 Å². The second-order valence-electron chi connectivity index (χ2n) is 10.6. The zero-order valence-corrected chi connectivity index (χ0v) is 23.0. The molecule has 0 spiro atoms. The Labute approximate surface area is 240 Å². The highest BCUT2D eigenvalue weighted by molar-refractivity contribution is 5.77. The molecule has 0 unspecified atom stereocenters. The molecule has 1 aromatic heterocycles. The van der Waals surface area contributed by atoms with E-state index in [1.165, 1.54) is 23.8 Å². The van der Waals surface area contributed by atoms with Gasteiger partial charge >= 0.3 is 12.1 Å². The van der Waals surface area contributed by atoms with Gasteiger partial charge in [-0.2, -0.15) is 13.2 Å². The van der Waals surface area contributed by atoms with E-state index in [4.69, 9.17) is 14.2 Å². The Morgan fingerprint density at radius 2 is 1.69 bits per heavy atom. The van der Waals surface area contributed by atoms with Gasteiger partial charge in [-0.15, -0.1) is 0 Å². The van der Waals surface area contributed by atoms with Crippen molar-refractivity contribution < 1.29 is 32.2 Å². The number of aromatic nitrogens is 1. The molecule has 9 heteroatoms. The SMILES string of the molecule is COC(=O)C[C@@H]1COc2cc(O[C@@H]3CCc4c3ccc(C(F)(F)F)c4-c3ccc(-c4ccc(=O)n(C)c4)cc3)ccc21. The molecule has 0 bridgehead atoms. The number of fused-ring (bicyclic) bond motifs is 2. The zero-order valence-electron chi connectivity index (χ0n) is 23.0. The summed E-state index contributed by atoms with van der Waals surface area (Å²) in [5, 5.41) is 0. The smallest absolute Gasteiger partial charge is 0.417 e. The van der Waals surface area contributed by atoms with E-state index < -0.39 is 17.8 Å². The van der Waals surface area contributed by atoms with Gasteiger partial charge in [0.2, 0.25) is 5.56 Å². The molecule has 2 atom stereocenters. The number of aryl methyl sites for hydroxylation is 1. The van der Waals surface area contributed by atoms with Crippen LogP contribution in [-0.2, 0) is 29.2 Å². The summed E-state index contributed by atoms with van der Waals surface area (Å²) in [4.78, 5) is 23.5. The van der Waals surface area contributed by atoms with E-state index in [1.54, 1.807) is 55.7 Å². The predicted molar refractivity (Wildman–Crippen MR) is 151 cm³/mol. The number of benzene rings is 3. The standard InChI is InChI=1S/C33H28F3NO5/c1-37-17-21(7-14-30(37)38)19-3-5-20(6-4-19)32-26-11-13-28(25(26)10-12-27(32)33(34,35)36)42-23-8-9-24-22(15-31(39)40-2)18-41-29(24)16-23/h3-10,12,14,16-17,22,28H,11,13,15,18H2,1-2H3/t22-,28-/m1/s1. The van der Waals surface area contributed by atoms with Gasteiger partial charge in [-0.25, -0.2) is 0 Å². The summed E-state index contributed by atoms with van der Waals surface area (Å²) in [7, 11) is 3.00. The highest BCUT2D eigenvalue weighted by Crippen LogP contribution is 2.47. The third-order valence-corrected chi connectivity index (χ3v) is 8.03. The van der Waals surface area contributed by atoms with Crippen LogP contribution in [0.3, 0.4) is 0 Å². The van der Waals surface area contributed by atoms with Crippen LogP contribution >= 0.6 is 0 Å². The second kappa shape index (κ2) is 10.7. The van der Waals surface area contributed by atoms with E-state index >= 15 is 0 Å². The summed E-state index contributed by atoms with van der Waals surface area (Å²) in [6.07, 6.45) is -2.07. The largest absolute Gasteiger partial charge is 0.492 e. The fourth-order valence-corrected chi connectivity index (χ4v) is 5.90. The van der Waals surface area contributed by atoms with Crippen molar-refractivity contribution >= 4 is 5.97 Å². The van der Waals surface area contributed by atoms with E-state index in [9.17, 15) is 22.8 Å². The van der Waals surface area contributed by atoms with Crippen molar-refractivity contribution in [1.29, 1.82) is 0 Å². The van der Waals surface area contributed by atoms with E-state index in [0.29, 0.717) is 42.1 Å². The number of rotatable bonds is 6. The van der Waals surface area contributed by atoms with Gasteiger partial charge in [0.25, 0.3) is 0 Å². The fraction of sp³-hybridized carbons (Fsp3) is 0.273. The van der Waals surface area contributed by atoms with Gasteiger partial charge in [0.1, 0.15) is 17.6 Å². The first-order chi connectivity index (χ1) is 20.1. The molecular weight excluding hydrogens is 547 g/mol. The molecule has 0 radical (unpaired) electrons. The lowest BCUT2D eigenvalue weighted by molar-refractivity contribution is -0.141. The Morgan fingerprint density at radius 1 is 0.976 bits per heavy atom. The number of carbonyl (C=O) groups excluding carboxylic acids is 1. The van der Waals surface area contributed by atoms with Gasteiger partial charge in [-0.3, -0.25) is 9.59 Å². The number of esters is 1. The molecule has 216 valence electrons. The minimum absolute atomic E-state index is 0.0998. The number of halogens is 3. The van der Waals surface area contributed by atoms with Crippen LogP contribution in [0.1, 0.15) is 47.1 Å². The lowest BCUT2D eigenvalue weighted by Gasteiger charge is -2.20. The maximum absolute atomic E-state index is 14.2. The highest BCUT2D eigenvalue weighted by Gasteiger charge is 2.38. The molecule has 3 aromatic carbocycles. The Morgan fingerprint density at radius 3 is 2.40 bits per heavy atom. The van der Waals surface area contributed by atoms with Gasteiger partial charge in [0.05, 0.1) is 25.7 Å². The van der Waals surface area contributed by atoms with Crippen LogP contribution in [0.2, 0.25) is 0 Å². The quantitative estimate of drug-likeness (QED) is 0.236. The molecule has 0 saturated heterocycles. The Bertz CT molecular complexity index is 1730. The molecule has 6 rings (SSSR count).